The van der Waals surface area contributed by atoms with Crippen LogP contribution in [-0.2, 0) is 0 Å². The predicted molar refractivity (Wildman–Crippen MR) is 24.2 cm³/mol. The topological polar surface area (TPSA) is 26.0 Å². The summed E-state index contributed by atoms with van der Waals surface area (Å²) >= 11 is 1.60. The second-order valence-electron chi connectivity index (χ2n) is 0.892. The van der Waals surface area contributed by atoms with E-state index in [-0.39, 0.29) is 0 Å². The molecule has 0 spiro atoms. The van der Waals surface area contributed by atoms with Crippen molar-refractivity contribution in [1.29, 1.82) is 0 Å². The van der Waals surface area contributed by atoms with Crippen molar-refractivity contribution in [1.82, 2.24) is 0 Å². The fraction of sp³-hybridized carbons (Fsp3) is 1.00. The van der Waals surface area contributed by atoms with Crippen LogP contribution in [0.3, 0.4) is 0 Å². The van der Waals surface area contributed by atoms with Crippen LogP contribution in [0.5, 0.6) is 0 Å². The quantitative estimate of drug-likeness (QED) is 0.586. The molecule has 0 aromatic carbocycles. The fourth-order valence-electron chi connectivity index (χ4n) is 0.102. The third-order valence-electron chi connectivity index (χ3n) is 0.381. The van der Waals surface area contributed by atoms with Crippen molar-refractivity contribution in [3.8, 4) is 0 Å². The minimum absolute atomic E-state index is 0.866. The van der Waals surface area contributed by atoms with Crippen LogP contribution < -0.4 is 5.73 Å². The van der Waals surface area contributed by atoms with Crippen LogP contribution in [0.15, 0.2) is 0 Å². The molecule has 0 aromatic rings. The van der Waals surface area contributed by atoms with E-state index in [1.807, 2.05) is 0 Å². The Morgan fingerprint density at radius 3 is 2.20 bits per heavy atom. The first-order valence-corrected chi connectivity index (χ1v) is 3.78. The molecule has 2 N–H and O–H groups in total. The van der Waals surface area contributed by atoms with E-state index < -0.39 is 0 Å². The van der Waals surface area contributed by atoms with Gasteiger partial charge in [-0.3, -0.25) is 0 Å². The summed E-state index contributed by atoms with van der Waals surface area (Å²) in [5.41, 5.74) is 5.15. The van der Waals surface area contributed by atoms with Gasteiger partial charge in [-0.25, -0.2) is 0 Å². The first-order chi connectivity index (χ1) is 2.41. The zero-order valence-electron chi connectivity index (χ0n) is 3.20. The van der Waals surface area contributed by atoms with Crippen molar-refractivity contribution in [2.24, 2.45) is 5.73 Å². The van der Waals surface area contributed by atoms with Gasteiger partial charge in [0.25, 0.3) is 0 Å². The second-order valence-corrected chi connectivity index (χ2v) is 2.32. The third-order valence-corrected chi connectivity index (χ3v) is 1.39. The van der Waals surface area contributed by atoms with Crippen LogP contribution in [0.2, 0.25) is 4.44 Å². The summed E-state index contributed by atoms with van der Waals surface area (Å²) in [6.07, 6.45) is 1.21. The van der Waals surface area contributed by atoms with E-state index in [9.17, 15) is 0 Å². The molecular formula is C3H8NSn+3. The molecule has 1 nitrogen and oxygen atoms in total. The molecule has 0 bridgehead atoms. The van der Waals surface area contributed by atoms with Crippen molar-refractivity contribution >= 4 is 22.5 Å². The molecule has 0 saturated heterocycles. The summed E-state index contributed by atoms with van der Waals surface area (Å²) in [6, 6.07) is 0. The van der Waals surface area contributed by atoms with E-state index in [1.165, 1.54) is 10.9 Å². The minimum atomic E-state index is 0.866. The van der Waals surface area contributed by atoms with E-state index in [4.69, 9.17) is 5.73 Å². The predicted octanol–water partition coefficient (Wildman–Crippen LogP) is -0.0780. The van der Waals surface area contributed by atoms with Gasteiger partial charge in [0.2, 0.25) is 0 Å². The number of hydrogen-bond donors (Lipinski definition) is 1. The molecular weight excluding hydrogens is 169 g/mol. The maximum absolute atomic E-state index is 5.15. The van der Waals surface area contributed by atoms with Gasteiger partial charge in [0.05, 0.1) is 0 Å². The van der Waals surface area contributed by atoms with Gasteiger partial charge < -0.3 is 0 Å². The summed E-state index contributed by atoms with van der Waals surface area (Å²) in [5, 5.41) is 0. The Morgan fingerprint density at radius 1 is 1.60 bits per heavy atom. The monoisotopic (exact) mass is 178 g/mol. The van der Waals surface area contributed by atoms with Crippen LogP contribution in [0.25, 0.3) is 0 Å². The molecule has 0 atom stereocenters. The van der Waals surface area contributed by atoms with Gasteiger partial charge in [0.15, 0.2) is 0 Å². The second kappa shape index (κ2) is 4.76. The maximum atomic E-state index is 5.15. The van der Waals surface area contributed by atoms with Crippen molar-refractivity contribution in [2.75, 3.05) is 6.54 Å². The Morgan fingerprint density at radius 2 is 2.20 bits per heavy atom. The molecule has 0 aliphatic carbocycles. The molecule has 0 saturated carbocycles. The third kappa shape index (κ3) is 4.76. The summed E-state index contributed by atoms with van der Waals surface area (Å²) in [5.74, 6) is 0. The van der Waals surface area contributed by atoms with Gasteiger partial charge >= 0.3 is 45.7 Å². The van der Waals surface area contributed by atoms with E-state index >= 15 is 0 Å². The van der Waals surface area contributed by atoms with Gasteiger partial charge in [-0.1, -0.05) is 0 Å². The van der Waals surface area contributed by atoms with E-state index in [0.29, 0.717) is 0 Å². The molecule has 0 amide bonds. The summed E-state index contributed by atoms with van der Waals surface area (Å²) in [7, 11) is 0. The normalized spacial score (nSPS) is 8.60. The first-order valence-electron chi connectivity index (χ1n) is 1.76. The van der Waals surface area contributed by atoms with Gasteiger partial charge in [-0.2, -0.15) is 0 Å². The molecule has 5 heavy (non-hydrogen) atoms. The average molecular weight is 177 g/mol. The van der Waals surface area contributed by atoms with E-state index in [0.717, 1.165) is 6.54 Å². The van der Waals surface area contributed by atoms with Crippen molar-refractivity contribution in [2.45, 2.75) is 10.9 Å². The van der Waals surface area contributed by atoms with Crippen LogP contribution >= 0.6 is 0 Å². The molecule has 0 fully saturated rings. The van der Waals surface area contributed by atoms with Crippen LogP contribution in [0, 0.1) is 0 Å². The molecule has 0 aliphatic heterocycles. The van der Waals surface area contributed by atoms with E-state index in [2.05, 4.69) is 0 Å². The molecule has 0 aliphatic rings. The van der Waals surface area contributed by atoms with Gasteiger partial charge in [-0.05, 0) is 0 Å². The van der Waals surface area contributed by atoms with Gasteiger partial charge in [0.1, 0.15) is 0 Å². The van der Waals surface area contributed by atoms with Crippen molar-refractivity contribution in [3.05, 3.63) is 0 Å². The fourth-order valence-corrected chi connectivity index (χ4v) is 0.685. The molecule has 0 radical (unpaired) electrons. The zero-order valence-corrected chi connectivity index (χ0v) is 6.05. The Kier molecular flexibility index (Phi) is 5.48. The van der Waals surface area contributed by atoms with Crippen LogP contribution in [0.1, 0.15) is 6.42 Å². The summed E-state index contributed by atoms with van der Waals surface area (Å²) < 4.78 is 1.31. The van der Waals surface area contributed by atoms with Crippen LogP contribution in [-0.4, -0.2) is 29.1 Å². The summed E-state index contributed by atoms with van der Waals surface area (Å²) in [4.78, 5) is 0. The molecule has 26 valence electrons. The molecule has 0 heterocycles. The molecule has 0 rings (SSSR count). The number of rotatable bonds is 2. The SMILES string of the molecule is NCC[CH2][Sn+3]. The number of nitrogens with two attached hydrogens (primary N) is 1. The standard InChI is InChI=1S/C3H8N.Sn/c1-2-3-4;/h1-4H2;/q;+3. The first kappa shape index (κ1) is 5.76. The Hall–Kier alpha value is 0.759. The summed E-state index contributed by atoms with van der Waals surface area (Å²) in [6.45, 7) is 0.866. The Balaban J connectivity index is 2.19. The molecule has 0 unspecified atom stereocenters. The Bertz CT molecular complexity index is 14.4. The molecule has 0 aromatic heterocycles. The van der Waals surface area contributed by atoms with Crippen LogP contribution in [0.4, 0.5) is 0 Å². The number of hydrogen-bond acceptors (Lipinski definition) is 1. The van der Waals surface area contributed by atoms with E-state index in [1.54, 1.807) is 22.5 Å². The average Bonchev–Trinajstić information content (AvgIpc) is 1.41. The van der Waals surface area contributed by atoms with Crippen molar-refractivity contribution < 1.29 is 0 Å². The van der Waals surface area contributed by atoms with Gasteiger partial charge in [-0.15, -0.1) is 0 Å². The molecule has 2 heteroatoms. The van der Waals surface area contributed by atoms with Crippen molar-refractivity contribution in [3.63, 3.8) is 0 Å². The van der Waals surface area contributed by atoms with Gasteiger partial charge in [0, 0.05) is 0 Å². The Labute approximate surface area is 46.0 Å². The zero-order chi connectivity index (χ0) is 4.12.